The van der Waals surface area contributed by atoms with E-state index >= 15 is 0 Å². The summed E-state index contributed by atoms with van der Waals surface area (Å²) in [4.78, 5) is 19.5. The Labute approximate surface area is 135 Å². The molecule has 2 aromatic heterocycles. The number of amides is 2. The maximum atomic E-state index is 12.1. The van der Waals surface area contributed by atoms with Crippen LogP contribution in [0.5, 0.6) is 0 Å². The number of thiophene rings is 1. The van der Waals surface area contributed by atoms with E-state index in [2.05, 4.69) is 32.0 Å². The van der Waals surface area contributed by atoms with Gasteiger partial charge in [0, 0.05) is 23.8 Å². The Bertz CT molecular complexity index is 571. The van der Waals surface area contributed by atoms with Crippen molar-refractivity contribution in [3.8, 4) is 0 Å². The molecule has 0 unspecified atom stereocenters. The lowest BCUT2D eigenvalue weighted by molar-refractivity contribution is 0.230. The van der Waals surface area contributed by atoms with Crippen LogP contribution in [0.1, 0.15) is 29.4 Å². The average molecular weight is 318 g/mol. The Morgan fingerprint density at radius 3 is 2.77 bits per heavy atom. The van der Waals surface area contributed by atoms with Crippen LogP contribution >= 0.6 is 11.3 Å². The maximum Gasteiger partial charge on any atom is 0.315 e. The summed E-state index contributed by atoms with van der Waals surface area (Å²) in [7, 11) is 4.03. The van der Waals surface area contributed by atoms with Crippen molar-refractivity contribution in [1.29, 1.82) is 0 Å². The molecule has 2 N–H and O–H groups in total. The number of aromatic nitrogens is 1. The first-order chi connectivity index (χ1) is 10.6. The van der Waals surface area contributed by atoms with Crippen LogP contribution in [0.2, 0.25) is 0 Å². The lowest BCUT2D eigenvalue weighted by Crippen LogP contribution is -2.41. The number of pyridine rings is 1. The number of nitrogens with zero attached hydrogens (tertiary/aromatic N) is 2. The molecular weight excluding hydrogens is 296 g/mol. The predicted molar refractivity (Wildman–Crippen MR) is 89.9 cm³/mol. The summed E-state index contributed by atoms with van der Waals surface area (Å²) < 4.78 is 0. The van der Waals surface area contributed by atoms with Crippen molar-refractivity contribution in [1.82, 2.24) is 20.5 Å². The van der Waals surface area contributed by atoms with Crippen molar-refractivity contribution in [3.05, 3.63) is 52.5 Å². The minimum atomic E-state index is -0.167. The summed E-state index contributed by atoms with van der Waals surface area (Å²) in [6, 6.07) is 7.87. The number of likely N-dealkylation sites (N-methyl/N-ethyl adjacent to an activating group) is 1. The van der Waals surface area contributed by atoms with E-state index in [0.29, 0.717) is 6.54 Å². The zero-order valence-corrected chi connectivity index (χ0v) is 13.9. The fourth-order valence-electron chi connectivity index (χ4n) is 2.17. The van der Waals surface area contributed by atoms with Gasteiger partial charge in [0.25, 0.3) is 0 Å². The zero-order valence-electron chi connectivity index (χ0n) is 13.1. The van der Waals surface area contributed by atoms with Crippen LogP contribution in [-0.4, -0.2) is 36.6 Å². The van der Waals surface area contributed by atoms with Crippen LogP contribution < -0.4 is 10.6 Å². The van der Waals surface area contributed by atoms with Gasteiger partial charge in [-0.1, -0.05) is 12.1 Å². The second-order valence-electron chi connectivity index (χ2n) is 5.36. The SMILES string of the molecule is C[C@H](NC(=O)NC[C@@H](c1cccs1)N(C)C)c1cccnc1. The first-order valence-electron chi connectivity index (χ1n) is 7.22. The standard InChI is InChI=1S/C16H22N4OS/c1-12(13-6-4-8-17-10-13)19-16(21)18-11-14(20(2)3)15-7-5-9-22-15/h4-10,12,14H,11H2,1-3H3,(H2,18,19,21)/t12-,14-/m0/s1. The van der Waals surface area contributed by atoms with Gasteiger partial charge in [0.05, 0.1) is 12.1 Å². The number of carbonyl (C=O) groups is 1. The third-order valence-electron chi connectivity index (χ3n) is 3.48. The molecule has 0 saturated carbocycles. The molecule has 0 aliphatic carbocycles. The molecule has 2 atom stereocenters. The molecule has 22 heavy (non-hydrogen) atoms. The van der Waals surface area contributed by atoms with Gasteiger partial charge in [0.15, 0.2) is 0 Å². The van der Waals surface area contributed by atoms with Gasteiger partial charge in [-0.15, -0.1) is 11.3 Å². The Morgan fingerprint density at radius 1 is 1.36 bits per heavy atom. The highest BCUT2D eigenvalue weighted by Crippen LogP contribution is 2.22. The van der Waals surface area contributed by atoms with E-state index in [1.165, 1.54) is 4.88 Å². The van der Waals surface area contributed by atoms with Crippen LogP contribution in [0.4, 0.5) is 4.79 Å². The fraction of sp³-hybridized carbons (Fsp3) is 0.375. The number of urea groups is 1. The van der Waals surface area contributed by atoms with Crippen molar-refractivity contribution in [2.75, 3.05) is 20.6 Å². The monoisotopic (exact) mass is 318 g/mol. The molecule has 0 bridgehead atoms. The van der Waals surface area contributed by atoms with E-state index in [9.17, 15) is 4.79 Å². The molecule has 2 amide bonds. The first-order valence-corrected chi connectivity index (χ1v) is 8.10. The highest BCUT2D eigenvalue weighted by Gasteiger charge is 2.17. The van der Waals surface area contributed by atoms with Gasteiger partial charge in [-0.05, 0) is 44.1 Å². The third-order valence-corrected chi connectivity index (χ3v) is 4.46. The number of carbonyl (C=O) groups excluding carboxylic acids is 1. The van der Waals surface area contributed by atoms with Crippen molar-refractivity contribution in [2.45, 2.75) is 19.0 Å². The normalized spacial score (nSPS) is 13.6. The molecule has 118 valence electrons. The van der Waals surface area contributed by atoms with Gasteiger partial charge >= 0.3 is 6.03 Å². The van der Waals surface area contributed by atoms with Crippen LogP contribution in [-0.2, 0) is 0 Å². The fourth-order valence-corrected chi connectivity index (χ4v) is 3.09. The Morgan fingerprint density at radius 2 is 2.18 bits per heavy atom. The summed E-state index contributed by atoms with van der Waals surface area (Å²) in [5, 5.41) is 7.93. The van der Waals surface area contributed by atoms with Crippen LogP contribution in [0.15, 0.2) is 42.0 Å². The summed E-state index contributed by atoms with van der Waals surface area (Å²) in [6.45, 7) is 2.51. The molecule has 2 aromatic rings. The van der Waals surface area contributed by atoms with E-state index in [1.54, 1.807) is 23.7 Å². The van der Waals surface area contributed by atoms with Crippen molar-refractivity contribution < 1.29 is 4.79 Å². The maximum absolute atomic E-state index is 12.1. The molecule has 5 nitrogen and oxygen atoms in total. The molecule has 6 heteroatoms. The van der Waals surface area contributed by atoms with E-state index in [-0.39, 0.29) is 18.1 Å². The molecule has 0 aromatic carbocycles. The van der Waals surface area contributed by atoms with Gasteiger partial charge in [0.2, 0.25) is 0 Å². The van der Waals surface area contributed by atoms with Crippen molar-refractivity contribution >= 4 is 17.4 Å². The third kappa shape index (κ3) is 4.54. The molecule has 2 heterocycles. The second kappa shape index (κ2) is 7.91. The topological polar surface area (TPSA) is 57.3 Å². The number of nitrogens with one attached hydrogen (secondary N) is 2. The molecule has 2 rings (SSSR count). The van der Waals surface area contributed by atoms with Crippen molar-refractivity contribution in [3.63, 3.8) is 0 Å². The number of hydrogen-bond acceptors (Lipinski definition) is 4. The lowest BCUT2D eigenvalue weighted by atomic mass is 10.1. The number of hydrogen-bond donors (Lipinski definition) is 2. The summed E-state index contributed by atoms with van der Waals surface area (Å²) >= 11 is 1.70. The van der Waals surface area contributed by atoms with Crippen LogP contribution in [0.25, 0.3) is 0 Å². The number of rotatable bonds is 6. The van der Waals surface area contributed by atoms with Gasteiger partial charge in [-0.3, -0.25) is 4.98 Å². The Kier molecular flexibility index (Phi) is 5.91. The lowest BCUT2D eigenvalue weighted by Gasteiger charge is -2.24. The van der Waals surface area contributed by atoms with E-state index in [4.69, 9.17) is 0 Å². The zero-order chi connectivity index (χ0) is 15.9. The summed E-state index contributed by atoms with van der Waals surface area (Å²) in [6.07, 6.45) is 3.48. The van der Waals surface area contributed by atoms with E-state index in [1.807, 2.05) is 39.2 Å². The predicted octanol–water partition coefficient (Wildman–Crippen LogP) is 2.81. The van der Waals surface area contributed by atoms with Crippen LogP contribution in [0.3, 0.4) is 0 Å². The van der Waals surface area contributed by atoms with Gasteiger partial charge in [0.1, 0.15) is 0 Å². The quantitative estimate of drug-likeness (QED) is 0.861. The van der Waals surface area contributed by atoms with Crippen LogP contribution in [0, 0.1) is 0 Å². The van der Waals surface area contributed by atoms with Crippen molar-refractivity contribution in [2.24, 2.45) is 0 Å². The minimum absolute atomic E-state index is 0.0757. The average Bonchev–Trinajstić information content (AvgIpc) is 3.02. The Hall–Kier alpha value is -1.92. The van der Waals surface area contributed by atoms with E-state index in [0.717, 1.165) is 5.56 Å². The minimum Gasteiger partial charge on any atom is -0.336 e. The second-order valence-corrected chi connectivity index (χ2v) is 6.34. The molecule has 0 spiro atoms. The first kappa shape index (κ1) is 16.5. The largest absolute Gasteiger partial charge is 0.336 e. The Balaban J connectivity index is 1.86. The smallest absolute Gasteiger partial charge is 0.315 e. The molecule has 0 saturated heterocycles. The van der Waals surface area contributed by atoms with Gasteiger partial charge in [-0.2, -0.15) is 0 Å². The summed E-state index contributed by atoms with van der Waals surface area (Å²) in [5.74, 6) is 0. The molecular formula is C16H22N4OS. The van der Waals surface area contributed by atoms with Gasteiger partial charge in [-0.25, -0.2) is 4.79 Å². The van der Waals surface area contributed by atoms with Gasteiger partial charge < -0.3 is 15.5 Å². The highest BCUT2D eigenvalue weighted by molar-refractivity contribution is 7.10. The summed E-state index contributed by atoms with van der Waals surface area (Å²) in [5.41, 5.74) is 0.986. The molecule has 0 fully saturated rings. The molecule has 0 radical (unpaired) electrons. The highest BCUT2D eigenvalue weighted by atomic mass is 32.1. The van der Waals surface area contributed by atoms with E-state index < -0.39 is 0 Å². The molecule has 0 aliphatic heterocycles. The molecule has 0 aliphatic rings.